The zero-order chi connectivity index (χ0) is 16.2. The summed E-state index contributed by atoms with van der Waals surface area (Å²) in [5.41, 5.74) is 2.82. The molecule has 0 aliphatic heterocycles. The molecule has 2 aromatic carbocycles. The molecule has 0 amide bonds. The summed E-state index contributed by atoms with van der Waals surface area (Å²) in [6.07, 6.45) is 3.67. The van der Waals surface area contributed by atoms with Gasteiger partial charge < -0.3 is 4.42 Å². The van der Waals surface area contributed by atoms with Gasteiger partial charge in [0.05, 0.1) is 10.7 Å². The number of rotatable bonds is 2. The van der Waals surface area contributed by atoms with E-state index in [0.29, 0.717) is 21.8 Å². The molecule has 0 saturated carbocycles. The van der Waals surface area contributed by atoms with E-state index in [9.17, 15) is 0 Å². The van der Waals surface area contributed by atoms with Crippen molar-refractivity contribution in [3.8, 4) is 17.6 Å². The Bertz CT molecular complexity index is 896. The van der Waals surface area contributed by atoms with Gasteiger partial charge in [0.25, 0.3) is 0 Å². The second-order valence-electron chi connectivity index (χ2n) is 4.51. The monoisotopic (exact) mass is 342 g/mol. The lowest BCUT2D eigenvalue weighted by Gasteiger charge is -2.03. The van der Waals surface area contributed by atoms with Crippen molar-refractivity contribution in [2.24, 2.45) is 4.99 Å². The van der Waals surface area contributed by atoms with Gasteiger partial charge in [0.1, 0.15) is 5.52 Å². The van der Waals surface area contributed by atoms with Crippen LogP contribution in [0.5, 0.6) is 0 Å². The van der Waals surface area contributed by atoms with Crippen LogP contribution in [0.3, 0.4) is 0 Å². The molecule has 1 heterocycles. The Morgan fingerprint density at radius 2 is 2.17 bits per heavy atom. The van der Waals surface area contributed by atoms with Gasteiger partial charge in [0.15, 0.2) is 16.9 Å². The van der Waals surface area contributed by atoms with Gasteiger partial charge in [0, 0.05) is 5.56 Å². The van der Waals surface area contributed by atoms with Crippen LogP contribution in [0.2, 0.25) is 5.02 Å². The second kappa shape index (κ2) is 6.73. The van der Waals surface area contributed by atoms with E-state index in [4.69, 9.17) is 21.3 Å². The van der Waals surface area contributed by atoms with Crippen molar-refractivity contribution in [3.05, 3.63) is 47.5 Å². The van der Waals surface area contributed by atoms with E-state index in [1.807, 2.05) is 42.8 Å². The van der Waals surface area contributed by atoms with Crippen molar-refractivity contribution >= 4 is 45.3 Å². The number of halogens is 1. The summed E-state index contributed by atoms with van der Waals surface area (Å²) in [5, 5.41) is 12.2. The standard InChI is InChI=1S/C16H11ClN4OS/c1-23-16(19-9-18)21-13-8-10(6-7-11(13)17)15-20-12-4-2-3-5-14(12)22-15/h2-8H,1H3,(H,19,21). The smallest absolute Gasteiger partial charge is 0.227 e. The van der Waals surface area contributed by atoms with E-state index < -0.39 is 0 Å². The van der Waals surface area contributed by atoms with Crippen LogP contribution >= 0.6 is 23.4 Å². The molecule has 5 nitrogen and oxygen atoms in total. The SMILES string of the molecule is CSC(=Nc1cc(-c2nc3ccccc3o2)ccc1Cl)NC#N. The number of nitrogens with zero attached hydrogens (tertiary/aromatic N) is 3. The van der Waals surface area contributed by atoms with Crippen molar-refractivity contribution in [2.45, 2.75) is 0 Å². The Morgan fingerprint density at radius 3 is 2.91 bits per heavy atom. The number of benzene rings is 2. The summed E-state index contributed by atoms with van der Waals surface area (Å²) in [7, 11) is 0. The highest BCUT2D eigenvalue weighted by molar-refractivity contribution is 8.13. The molecule has 0 bridgehead atoms. The minimum absolute atomic E-state index is 0.462. The summed E-state index contributed by atoms with van der Waals surface area (Å²) >= 11 is 7.51. The lowest BCUT2D eigenvalue weighted by molar-refractivity contribution is 0.620. The lowest BCUT2D eigenvalue weighted by atomic mass is 10.2. The number of aromatic nitrogens is 1. The zero-order valence-electron chi connectivity index (χ0n) is 12.1. The first kappa shape index (κ1) is 15.4. The van der Waals surface area contributed by atoms with Gasteiger partial charge in [-0.15, -0.1) is 0 Å². The van der Waals surface area contributed by atoms with E-state index in [1.165, 1.54) is 11.8 Å². The number of hydrogen-bond acceptors (Lipinski definition) is 5. The maximum atomic E-state index is 8.72. The van der Waals surface area contributed by atoms with Gasteiger partial charge in [0.2, 0.25) is 5.89 Å². The number of fused-ring (bicyclic) bond motifs is 1. The summed E-state index contributed by atoms with van der Waals surface area (Å²) in [4.78, 5) is 8.81. The molecule has 23 heavy (non-hydrogen) atoms. The van der Waals surface area contributed by atoms with Crippen LogP contribution < -0.4 is 5.32 Å². The number of thioether (sulfide) groups is 1. The van der Waals surface area contributed by atoms with Gasteiger partial charge in [-0.25, -0.2) is 9.98 Å². The van der Waals surface area contributed by atoms with Crippen molar-refractivity contribution in [2.75, 3.05) is 6.26 Å². The predicted molar refractivity (Wildman–Crippen MR) is 93.8 cm³/mol. The Morgan fingerprint density at radius 1 is 1.35 bits per heavy atom. The Balaban J connectivity index is 2.04. The van der Waals surface area contributed by atoms with Crippen molar-refractivity contribution < 1.29 is 4.42 Å². The number of oxazole rings is 1. The molecule has 0 fully saturated rings. The maximum absolute atomic E-state index is 8.72. The molecule has 1 aromatic heterocycles. The number of nitrogens with one attached hydrogen (secondary N) is 1. The van der Waals surface area contributed by atoms with Gasteiger partial charge in [-0.1, -0.05) is 35.5 Å². The van der Waals surface area contributed by atoms with Crippen LogP contribution in [0.1, 0.15) is 0 Å². The first-order valence-electron chi connectivity index (χ1n) is 6.64. The molecule has 0 aliphatic carbocycles. The number of aliphatic imine (C=N–C) groups is 1. The van der Waals surface area contributed by atoms with Crippen LogP contribution in [-0.2, 0) is 0 Å². The van der Waals surface area contributed by atoms with Crippen LogP contribution in [-0.4, -0.2) is 16.4 Å². The molecule has 114 valence electrons. The van der Waals surface area contributed by atoms with Crippen molar-refractivity contribution in [1.29, 1.82) is 5.26 Å². The quantitative estimate of drug-likeness (QED) is 0.319. The minimum Gasteiger partial charge on any atom is -0.436 e. The predicted octanol–water partition coefficient (Wildman–Crippen LogP) is 4.57. The molecule has 0 atom stereocenters. The first-order chi connectivity index (χ1) is 11.2. The third-order valence-electron chi connectivity index (χ3n) is 3.07. The summed E-state index contributed by atoms with van der Waals surface area (Å²) in [5.74, 6) is 0.498. The van der Waals surface area contributed by atoms with Crippen molar-refractivity contribution in [3.63, 3.8) is 0 Å². The molecule has 0 aliphatic rings. The fraction of sp³-hybridized carbons (Fsp3) is 0.0625. The number of nitriles is 1. The largest absolute Gasteiger partial charge is 0.436 e. The normalized spacial score (nSPS) is 11.4. The maximum Gasteiger partial charge on any atom is 0.227 e. The summed E-state index contributed by atoms with van der Waals surface area (Å²) < 4.78 is 5.75. The summed E-state index contributed by atoms with van der Waals surface area (Å²) in [6, 6.07) is 12.9. The van der Waals surface area contributed by atoms with E-state index in [0.717, 1.165) is 16.7 Å². The average Bonchev–Trinajstić information content (AvgIpc) is 3.00. The number of hydrogen-bond donors (Lipinski definition) is 1. The van der Waals surface area contributed by atoms with Crippen molar-refractivity contribution in [1.82, 2.24) is 10.3 Å². The molecule has 7 heteroatoms. The first-order valence-corrected chi connectivity index (χ1v) is 8.25. The molecule has 0 radical (unpaired) electrons. The highest BCUT2D eigenvalue weighted by atomic mass is 35.5. The summed E-state index contributed by atoms with van der Waals surface area (Å²) in [6.45, 7) is 0. The average molecular weight is 343 g/mol. The third kappa shape index (κ3) is 3.31. The molecular formula is C16H11ClN4OS. The second-order valence-corrected chi connectivity index (χ2v) is 5.71. The third-order valence-corrected chi connectivity index (χ3v) is 3.96. The van der Waals surface area contributed by atoms with Crippen LogP contribution in [0.25, 0.3) is 22.6 Å². The highest BCUT2D eigenvalue weighted by Crippen LogP contribution is 2.32. The van der Waals surface area contributed by atoms with Crippen LogP contribution in [0, 0.1) is 11.5 Å². The molecule has 0 saturated heterocycles. The van der Waals surface area contributed by atoms with Gasteiger partial charge in [-0.05, 0) is 36.6 Å². The lowest BCUT2D eigenvalue weighted by Crippen LogP contribution is -2.12. The Kier molecular flexibility index (Phi) is 4.51. The molecule has 1 N–H and O–H groups in total. The van der Waals surface area contributed by atoms with Gasteiger partial charge in [-0.3, -0.25) is 5.32 Å². The van der Waals surface area contributed by atoms with Crippen LogP contribution in [0.15, 0.2) is 51.9 Å². The number of amidine groups is 1. The van der Waals surface area contributed by atoms with Gasteiger partial charge >= 0.3 is 0 Å². The van der Waals surface area contributed by atoms with E-state index in [1.54, 1.807) is 12.1 Å². The Hall–Kier alpha value is -2.49. The fourth-order valence-electron chi connectivity index (χ4n) is 2.01. The topological polar surface area (TPSA) is 74.2 Å². The molecular weight excluding hydrogens is 332 g/mol. The molecule has 3 aromatic rings. The number of para-hydroxylation sites is 2. The minimum atomic E-state index is 0.462. The highest BCUT2D eigenvalue weighted by Gasteiger charge is 2.10. The molecule has 0 spiro atoms. The molecule has 3 rings (SSSR count). The van der Waals surface area contributed by atoms with Crippen LogP contribution in [0.4, 0.5) is 5.69 Å². The van der Waals surface area contributed by atoms with E-state index in [2.05, 4.69) is 15.3 Å². The zero-order valence-corrected chi connectivity index (χ0v) is 13.6. The van der Waals surface area contributed by atoms with E-state index >= 15 is 0 Å². The van der Waals surface area contributed by atoms with Gasteiger partial charge in [-0.2, -0.15) is 5.26 Å². The molecule has 0 unspecified atom stereocenters. The fourth-order valence-corrected chi connectivity index (χ4v) is 2.51. The van der Waals surface area contributed by atoms with E-state index in [-0.39, 0.29) is 0 Å². The Labute approximate surface area is 142 Å².